The Morgan fingerprint density at radius 2 is 1.80 bits per heavy atom. The summed E-state index contributed by atoms with van der Waals surface area (Å²) in [6.45, 7) is 3.68. The molecule has 0 aliphatic rings. The number of aromatic nitrogens is 2. The largest absolute Gasteiger partial charge is 0.295 e. The van der Waals surface area contributed by atoms with E-state index in [9.17, 15) is 14.9 Å². The third kappa shape index (κ3) is 3.12. The molecule has 25 heavy (non-hydrogen) atoms. The fourth-order valence-electron chi connectivity index (χ4n) is 2.56. The van der Waals surface area contributed by atoms with Gasteiger partial charge in [0.25, 0.3) is 11.2 Å². The highest BCUT2D eigenvalue weighted by Crippen LogP contribution is 2.26. The van der Waals surface area contributed by atoms with Gasteiger partial charge >= 0.3 is 0 Å². The van der Waals surface area contributed by atoms with E-state index in [1.807, 2.05) is 31.2 Å². The Morgan fingerprint density at radius 1 is 1.12 bits per heavy atom. The number of nitro groups is 1. The summed E-state index contributed by atoms with van der Waals surface area (Å²) in [7, 11) is 0. The molecule has 3 rings (SSSR count). The third-order valence-electron chi connectivity index (χ3n) is 3.88. The number of hydrogen-bond donors (Lipinski definition) is 1. The SMILES string of the molecule is Cc1ccccc1-n1[nH]c(C)c(C=Nc2ccccc2[N+](=O)[O-])c1=O. The molecular weight excluding hydrogens is 320 g/mol. The van der Waals surface area contributed by atoms with Crippen molar-refractivity contribution in [1.82, 2.24) is 9.78 Å². The minimum atomic E-state index is -0.498. The molecule has 1 aromatic heterocycles. The van der Waals surface area contributed by atoms with Crippen LogP contribution in [0.2, 0.25) is 0 Å². The van der Waals surface area contributed by atoms with E-state index in [0.717, 1.165) is 11.3 Å². The average Bonchev–Trinajstić information content (AvgIpc) is 2.88. The lowest BCUT2D eigenvalue weighted by atomic mass is 10.2. The van der Waals surface area contributed by atoms with Crippen molar-refractivity contribution >= 4 is 17.6 Å². The highest BCUT2D eigenvalue weighted by molar-refractivity contribution is 5.84. The summed E-state index contributed by atoms with van der Waals surface area (Å²) in [6, 6.07) is 13.7. The number of benzene rings is 2. The predicted octanol–water partition coefficient (Wildman–Crippen LogP) is 3.44. The predicted molar refractivity (Wildman–Crippen MR) is 96.2 cm³/mol. The Labute approximate surface area is 143 Å². The summed E-state index contributed by atoms with van der Waals surface area (Å²) in [5.74, 6) is 0. The van der Waals surface area contributed by atoms with E-state index in [1.54, 1.807) is 19.1 Å². The van der Waals surface area contributed by atoms with E-state index in [0.29, 0.717) is 11.3 Å². The highest BCUT2D eigenvalue weighted by atomic mass is 16.6. The number of rotatable bonds is 4. The minimum Gasteiger partial charge on any atom is -0.295 e. The third-order valence-corrected chi connectivity index (χ3v) is 3.88. The number of nitro benzene ring substituents is 1. The number of nitrogens with zero attached hydrogens (tertiary/aromatic N) is 3. The van der Waals surface area contributed by atoms with Gasteiger partial charge in [0, 0.05) is 18.0 Å². The summed E-state index contributed by atoms with van der Waals surface area (Å²) >= 11 is 0. The lowest BCUT2D eigenvalue weighted by Crippen LogP contribution is -2.18. The molecule has 0 spiro atoms. The number of aromatic amines is 1. The fourth-order valence-corrected chi connectivity index (χ4v) is 2.56. The van der Waals surface area contributed by atoms with Crippen LogP contribution >= 0.6 is 0 Å². The molecule has 0 atom stereocenters. The maximum atomic E-state index is 12.7. The first kappa shape index (κ1) is 16.4. The first-order valence-electron chi connectivity index (χ1n) is 7.64. The first-order valence-corrected chi connectivity index (χ1v) is 7.64. The molecule has 1 N–H and O–H groups in total. The van der Waals surface area contributed by atoms with Crippen molar-refractivity contribution in [2.75, 3.05) is 0 Å². The van der Waals surface area contributed by atoms with Gasteiger partial charge in [0.1, 0.15) is 5.69 Å². The van der Waals surface area contributed by atoms with Crippen LogP contribution in [0.1, 0.15) is 16.8 Å². The average molecular weight is 336 g/mol. The van der Waals surface area contributed by atoms with E-state index >= 15 is 0 Å². The molecule has 3 aromatic rings. The summed E-state index contributed by atoms with van der Waals surface area (Å²) in [5.41, 5.74) is 2.54. The molecule has 0 radical (unpaired) electrons. The van der Waals surface area contributed by atoms with Gasteiger partial charge in [-0.1, -0.05) is 30.3 Å². The number of H-pyrrole nitrogens is 1. The van der Waals surface area contributed by atoms with Crippen LogP contribution in [0, 0.1) is 24.0 Å². The monoisotopic (exact) mass is 336 g/mol. The van der Waals surface area contributed by atoms with Gasteiger partial charge in [0.05, 0.1) is 16.2 Å². The van der Waals surface area contributed by atoms with Crippen molar-refractivity contribution in [3.63, 3.8) is 0 Å². The maximum Gasteiger partial charge on any atom is 0.294 e. The molecule has 0 saturated carbocycles. The minimum absolute atomic E-state index is 0.105. The van der Waals surface area contributed by atoms with Gasteiger partial charge < -0.3 is 0 Å². The van der Waals surface area contributed by atoms with E-state index in [2.05, 4.69) is 10.1 Å². The molecular formula is C18H16N4O3. The molecule has 0 fully saturated rings. The van der Waals surface area contributed by atoms with Gasteiger partial charge in [-0.25, -0.2) is 9.67 Å². The zero-order valence-corrected chi connectivity index (χ0v) is 13.8. The van der Waals surface area contributed by atoms with Gasteiger partial charge in [0.15, 0.2) is 0 Å². The molecule has 0 saturated heterocycles. The quantitative estimate of drug-likeness (QED) is 0.449. The van der Waals surface area contributed by atoms with Crippen molar-refractivity contribution in [3.8, 4) is 5.69 Å². The molecule has 0 aliphatic carbocycles. The Kier molecular flexibility index (Phi) is 4.30. The lowest BCUT2D eigenvalue weighted by Gasteiger charge is -2.04. The zero-order valence-electron chi connectivity index (χ0n) is 13.8. The summed E-state index contributed by atoms with van der Waals surface area (Å²) in [4.78, 5) is 27.4. The van der Waals surface area contributed by atoms with Crippen molar-refractivity contribution in [1.29, 1.82) is 0 Å². The van der Waals surface area contributed by atoms with Crippen molar-refractivity contribution in [2.24, 2.45) is 4.99 Å². The molecule has 1 heterocycles. The highest BCUT2D eigenvalue weighted by Gasteiger charge is 2.14. The van der Waals surface area contributed by atoms with E-state index in [-0.39, 0.29) is 16.9 Å². The number of nitrogens with one attached hydrogen (secondary N) is 1. The van der Waals surface area contributed by atoms with E-state index < -0.39 is 4.92 Å². The molecule has 126 valence electrons. The smallest absolute Gasteiger partial charge is 0.294 e. The number of aliphatic imine (C=N–C) groups is 1. The Hall–Kier alpha value is -3.48. The van der Waals surface area contributed by atoms with Gasteiger partial charge in [0.2, 0.25) is 0 Å². The molecule has 7 nitrogen and oxygen atoms in total. The first-order chi connectivity index (χ1) is 12.0. The van der Waals surface area contributed by atoms with Gasteiger partial charge in [-0.15, -0.1) is 0 Å². The number of para-hydroxylation sites is 3. The lowest BCUT2D eigenvalue weighted by molar-refractivity contribution is -0.384. The van der Waals surface area contributed by atoms with Crippen LogP contribution in [0.4, 0.5) is 11.4 Å². The van der Waals surface area contributed by atoms with E-state index in [1.165, 1.54) is 23.0 Å². The van der Waals surface area contributed by atoms with E-state index in [4.69, 9.17) is 0 Å². The van der Waals surface area contributed by atoms with Gasteiger partial charge in [-0.05, 0) is 31.5 Å². The molecule has 0 bridgehead atoms. The van der Waals surface area contributed by atoms with Crippen LogP contribution in [0.25, 0.3) is 5.69 Å². The Bertz CT molecular complexity index is 1030. The fraction of sp³-hybridized carbons (Fsp3) is 0.111. The maximum absolute atomic E-state index is 12.7. The van der Waals surface area contributed by atoms with Crippen LogP contribution in [-0.2, 0) is 0 Å². The topological polar surface area (TPSA) is 93.3 Å². The van der Waals surface area contributed by atoms with Crippen LogP contribution in [0.5, 0.6) is 0 Å². The number of aryl methyl sites for hydroxylation is 2. The Balaban J connectivity index is 2.05. The van der Waals surface area contributed by atoms with Crippen LogP contribution in [-0.4, -0.2) is 20.9 Å². The van der Waals surface area contributed by atoms with Gasteiger partial charge in [-0.3, -0.25) is 20.0 Å². The zero-order chi connectivity index (χ0) is 18.0. The summed E-state index contributed by atoms with van der Waals surface area (Å²) in [6.07, 6.45) is 1.37. The molecule has 7 heteroatoms. The number of hydrogen-bond acceptors (Lipinski definition) is 4. The van der Waals surface area contributed by atoms with Crippen molar-refractivity contribution in [3.05, 3.63) is 85.8 Å². The Morgan fingerprint density at radius 3 is 2.52 bits per heavy atom. The summed E-state index contributed by atoms with van der Waals surface area (Å²) < 4.78 is 1.45. The van der Waals surface area contributed by atoms with Crippen molar-refractivity contribution < 1.29 is 4.92 Å². The van der Waals surface area contributed by atoms with Crippen molar-refractivity contribution in [2.45, 2.75) is 13.8 Å². The second kappa shape index (κ2) is 6.56. The molecule has 0 aliphatic heterocycles. The molecule has 2 aromatic carbocycles. The standard InChI is InChI=1S/C18H16N4O3/c1-12-7-3-5-9-16(12)21-18(23)14(13(2)20-21)11-19-15-8-4-6-10-17(15)22(24)25/h3-11,20H,1-2H3. The molecule has 0 amide bonds. The van der Waals surface area contributed by atoms with Gasteiger partial charge in [-0.2, -0.15) is 0 Å². The van der Waals surface area contributed by atoms with Crippen LogP contribution < -0.4 is 5.56 Å². The second-order valence-corrected chi connectivity index (χ2v) is 5.58. The van der Waals surface area contributed by atoms with Crippen LogP contribution in [0.15, 0.2) is 58.3 Å². The van der Waals surface area contributed by atoms with Crippen LogP contribution in [0.3, 0.4) is 0 Å². The molecule has 0 unspecified atom stereocenters. The normalized spacial score (nSPS) is 11.1. The summed E-state index contributed by atoms with van der Waals surface area (Å²) in [5, 5.41) is 14.1. The second-order valence-electron chi connectivity index (χ2n) is 5.58.